The third-order valence-electron chi connectivity index (χ3n) is 8.83. The maximum Gasteiger partial charge on any atom is 0.262 e. The van der Waals surface area contributed by atoms with E-state index < -0.39 is 0 Å². The standard InChI is InChI=1S/C33H41N5OS/c1-23(37-18-16-36(4)17-19-37)27-20-25-12-8-9-13-28(25)32-31(24-10-6-5-7-11-24)29-15-14-26(21-30(29)38(32)22-27)33(39)34-40-35(2)3/h8-9,12-15,20-21,24H,1,5-7,10-11,16-19,22H2,2-4H3,(H,34,39). The predicted molar refractivity (Wildman–Crippen MR) is 168 cm³/mol. The smallest absolute Gasteiger partial charge is 0.262 e. The molecule has 7 heteroatoms. The number of allylic oxidation sites excluding steroid dienone is 1. The van der Waals surface area contributed by atoms with Crippen LogP contribution in [0.25, 0.3) is 28.2 Å². The Bertz CT molecular complexity index is 1460. The Morgan fingerprint density at radius 2 is 1.77 bits per heavy atom. The van der Waals surface area contributed by atoms with Gasteiger partial charge < -0.3 is 14.4 Å². The van der Waals surface area contributed by atoms with Crippen molar-refractivity contribution in [3.63, 3.8) is 0 Å². The summed E-state index contributed by atoms with van der Waals surface area (Å²) in [6, 6.07) is 15.2. The van der Waals surface area contributed by atoms with E-state index in [4.69, 9.17) is 0 Å². The number of hydrogen-bond acceptors (Lipinski definition) is 5. The molecule has 40 heavy (non-hydrogen) atoms. The lowest BCUT2D eigenvalue weighted by atomic mass is 9.81. The van der Waals surface area contributed by atoms with E-state index in [1.807, 2.05) is 24.5 Å². The molecule has 1 aliphatic carbocycles. The van der Waals surface area contributed by atoms with E-state index in [-0.39, 0.29) is 5.91 Å². The second-order valence-electron chi connectivity index (χ2n) is 11.7. The Kier molecular flexibility index (Phi) is 7.80. The van der Waals surface area contributed by atoms with Crippen molar-refractivity contribution in [1.82, 2.24) is 23.4 Å². The van der Waals surface area contributed by atoms with Gasteiger partial charge in [0.05, 0.1) is 12.2 Å². The zero-order valence-corrected chi connectivity index (χ0v) is 24.9. The van der Waals surface area contributed by atoms with E-state index in [1.165, 1.54) is 77.6 Å². The third kappa shape index (κ3) is 5.22. The molecular weight excluding hydrogens is 514 g/mol. The number of carbonyl (C=O) groups excluding carboxylic acids is 1. The molecule has 1 aromatic heterocycles. The van der Waals surface area contributed by atoms with Gasteiger partial charge in [0.25, 0.3) is 5.91 Å². The molecule has 2 aromatic carbocycles. The van der Waals surface area contributed by atoms with E-state index in [0.717, 1.165) is 43.9 Å². The molecule has 6 rings (SSSR count). The van der Waals surface area contributed by atoms with Crippen molar-refractivity contribution < 1.29 is 4.79 Å². The van der Waals surface area contributed by atoms with E-state index in [9.17, 15) is 4.79 Å². The van der Waals surface area contributed by atoms with Gasteiger partial charge in [0.1, 0.15) is 0 Å². The Labute approximate surface area is 243 Å². The van der Waals surface area contributed by atoms with Crippen LogP contribution in [0, 0.1) is 0 Å². The molecule has 210 valence electrons. The van der Waals surface area contributed by atoms with Crippen LogP contribution in [0.3, 0.4) is 0 Å². The number of aromatic nitrogens is 1. The van der Waals surface area contributed by atoms with Crippen molar-refractivity contribution >= 4 is 35.0 Å². The number of likely N-dealkylation sites (N-methyl/N-ethyl adjacent to an activating group) is 1. The van der Waals surface area contributed by atoms with Gasteiger partial charge in [-0.25, -0.2) is 4.31 Å². The van der Waals surface area contributed by atoms with Crippen molar-refractivity contribution in [2.24, 2.45) is 0 Å². The minimum atomic E-state index is -0.0676. The number of amides is 1. The lowest BCUT2D eigenvalue weighted by Gasteiger charge is -2.36. The van der Waals surface area contributed by atoms with Crippen molar-refractivity contribution in [3.05, 3.63) is 77.0 Å². The van der Waals surface area contributed by atoms with Crippen LogP contribution in [0.15, 0.2) is 60.3 Å². The molecule has 6 nitrogen and oxygen atoms in total. The second kappa shape index (κ2) is 11.5. The minimum absolute atomic E-state index is 0.0676. The summed E-state index contributed by atoms with van der Waals surface area (Å²) >= 11 is 1.31. The van der Waals surface area contributed by atoms with Crippen LogP contribution in [-0.2, 0) is 6.54 Å². The number of nitrogens with one attached hydrogen (secondary N) is 1. The summed E-state index contributed by atoms with van der Waals surface area (Å²) in [4.78, 5) is 18.0. The highest BCUT2D eigenvalue weighted by Gasteiger charge is 2.30. The van der Waals surface area contributed by atoms with Gasteiger partial charge >= 0.3 is 0 Å². The summed E-state index contributed by atoms with van der Waals surface area (Å²) in [6.45, 7) is 9.47. The number of hydrogen-bond donors (Lipinski definition) is 1. The van der Waals surface area contributed by atoms with Crippen LogP contribution >= 0.6 is 12.1 Å². The van der Waals surface area contributed by atoms with Crippen molar-refractivity contribution in [1.29, 1.82) is 0 Å². The summed E-state index contributed by atoms with van der Waals surface area (Å²) in [7, 11) is 6.04. The number of carbonyl (C=O) groups is 1. The monoisotopic (exact) mass is 555 g/mol. The summed E-state index contributed by atoms with van der Waals surface area (Å²) < 4.78 is 7.36. The Morgan fingerprint density at radius 3 is 2.52 bits per heavy atom. The highest BCUT2D eigenvalue weighted by Crippen LogP contribution is 2.47. The minimum Gasteiger partial charge on any atom is -0.369 e. The van der Waals surface area contributed by atoms with Crippen LogP contribution in [-0.4, -0.2) is 71.9 Å². The zero-order chi connectivity index (χ0) is 27.8. The van der Waals surface area contributed by atoms with Gasteiger partial charge in [-0.15, -0.1) is 0 Å². The Balaban J connectivity index is 1.51. The number of benzene rings is 2. The van der Waals surface area contributed by atoms with Crippen LogP contribution in [0.2, 0.25) is 0 Å². The lowest BCUT2D eigenvalue weighted by molar-refractivity contribution is 0.0983. The van der Waals surface area contributed by atoms with Gasteiger partial charge in [-0.05, 0) is 74.8 Å². The first kappa shape index (κ1) is 27.2. The molecule has 0 radical (unpaired) electrons. The average Bonchev–Trinajstić information content (AvgIpc) is 3.18. The molecule has 3 aliphatic rings. The highest BCUT2D eigenvalue weighted by atomic mass is 32.2. The predicted octanol–water partition coefficient (Wildman–Crippen LogP) is 6.37. The highest BCUT2D eigenvalue weighted by molar-refractivity contribution is 7.95. The van der Waals surface area contributed by atoms with Crippen LogP contribution in [0.1, 0.15) is 59.5 Å². The topological polar surface area (TPSA) is 43.8 Å². The summed E-state index contributed by atoms with van der Waals surface area (Å²) in [5, 5.41) is 1.29. The molecule has 0 spiro atoms. The van der Waals surface area contributed by atoms with E-state index in [2.05, 4.69) is 75.2 Å². The largest absolute Gasteiger partial charge is 0.369 e. The van der Waals surface area contributed by atoms with Gasteiger partial charge in [0.2, 0.25) is 0 Å². The van der Waals surface area contributed by atoms with E-state index in [0.29, 0.717) is 11.5 Å². The maximum atomic E-state index is 13.1. The van der Waals surface area contributed by atoms with E-state index in [1.54, 1.807) is 0 Å². The molecule has 1 amide bonds. The molecule has 0 atom stereocenters. The van der Waals surface area contributed by atoms with Crippen molar-refractivity contribution in [2.75, 3.05) is 47.3 Å². The van der Waals surface area contributed by atoms with Crippen LogP contribution < -0.4 is 4.72 Å². The third-order valence-corrected chi connectivity index (χ3v) is 9.47. The summed E-state index contributed by atoms with van der Waals surface area (Å²) in [5.41, 5.74) is 9.55. The van der Waals surface area contributed by atoms with Gasteiger partial charge in [0, 0.05) is 66.0 Å². The van der Waals surface area contributed by atoms with Gasteiger partial charge in [-0.1, -0.05) is 56.2 Å². The average molecular weight is 556 g/mol. The summed E-state index contributed by atoms with van der Waals surface area (Å²) in [5.74, 6) is 0.467. The Morgan fingerprint density at radius 1 is 1.02 bits per heavy atom. The zero-order valence-electron chi connectivity index (χ0n) is 24.1. The fourth-order valence-electron chi connectivity index (χ4n) is 6.66. The maximum absolute atomic E-state index is 13.1. The van der Waals surface area contributed by atoms with Crippen molar-refractivity contribution in [3.8, 4) is 11.3 Å². The normalized spacial score (nSPS) is 18.3. The molecule has 2 aliphatic heterocycles. The molecule has 3 heterocycles. The van der Waals surface area contributed by atoms with Gasteiger partial charge in [-0.3, -0.25) is 9.52 Å². The first-order chi connectivity index (χ1) is 19.4. The quantitative estimate of drug-likeness (QED) is 0.358. The molecule has 3 aromatic rings. The molecule has 2 fully saturated rings. The molecule has 0 unspecified atom stereocenters. The molecular formula is C33H41N5OS. The van der Waals surface area contributed by atoms with E-state index >= 15 is 0 Å². The first-order valence-electron chi connectivity index (χ1n) is 14.6. The number of nitrogens with zero attached hydrogens (tertiary/aromatic N) is 4. The van der Waals surface area contributed by atoms with Crippen LogP contribution in [0.5, 0.6) is 0 Å². The number of rotatable bonds is 6. The molecule has 1 N–H and O–H groups in total. The first-order valence-corrected chi connectivity index (χ1v) is 15.4. The fraction of sp³-hybridized carbons (Fsp3) is 0.424. The SMILES string of the molecule is C=C(C1=Cc2ccccc2-c2c(C3CCCCC3)c3ccc(C(=O)NSN(C)C)cc3n2C1)N1CCN(C)CC1. The second-order valence-corrected chi connectivity index (χ2v) is 12.9. The summed E-state index contributed by atoms with van der Waals surface area (Å²) in [6.07, 6.45) is 8.71. The molecule has 0 bridgehead atoms. The number of piperazine rings is 1. The fourth-order valence-corrected chi connectivity index (χ4v) is 7.05. The lowest BCUT2D eigenvalue weighted by Crippen LogP contribution is -2.44. The van der Waals surface area contributed by atoms with Crippen molar-refractivity contribution in [2.45, 2.75) is 44.6 Å². The van der Waals surface area contributed by atoms with Gasteiger partial charge in [0.15, 0.2) is 0 Å². The Hall–Kier alpha value is -3.00. The van der Waals surface area contributed by atoms with Gasteiger partial charge in [-0.2, -0.15) is 0 Å². The molecule has 1 saturated heterocycles. The molecule has 1 saturated carbocycles. The number of fused-ring (bicyclic) bond motifs is 5. The van der Waals surface area contributed by atoms with Crippen LogP contribution in [0.4, 0.5) is 0 Å².